The summed E-state index contributed by atoms with van der Waals surface area (Å²) in [6.07, 6.45) is 0. The number of fused-ring (bicyclic) bond motifs is 3. The lowest BCUT2D eigenvalue weighted by Gasteiger charge is -2.13. The minimum Gasteiger partial charge on any atom is -0.366 e. The number of amides is 1. The van der Waals surface area contributed by atoms with Crippen LogP contribution in [0, 0.1) is 20.8 Å². The van der Waals surface area contributed by atoms with Gasteiger partial charge in [0.2, 0.25) is 5.91 Å². The summed E-state index contributed by atoms with van der Waals surface area (Å²) in [5.41, 5.74) is 13.5. The molecule has 0 saturated heterocycles. The van der Waals surface area contributed by atoms with Crippen LogP contribution in [0.4, 0.5) is 0 Å². The van der Waals surface area contributed by atoms with Crippen molar-refractivity contribution in [2.24, 2.45) is 5.73 Å². The normalized spacial score (nSPS) is 11.3. The summed E-state index contributed by atoms with van der Waals surface area (Å²) < 4.78 is 2.30. The fourth-order valence-corrected chi connectivity index (χ4v) is 3.89. The molecule has 0 spiro atoms. The van der Waals surface area contributed by atoms with E-state index in [1.807, 2.05) is 12.1 Å². The van der Waals surface area contributed by atoms with E-state index in [-0.39, 0.29) is 5.91 Å². The molecular formula is C23H22N2O. The Morgan fingerprint density at radius 3 is 2.31 bits per heavy atom. The largest absolute Gasteiger partial charge is 0.366 e. The van der Waals surface area contributed by atoms with E-state index in [2.05, 4.69) is 67.8 Å². The molecule has 0 aliphatic carbocycles. The van der Waals surface area contributed by atoms with Gasteiger partial charge in [-0.3, -0.25) is 4.79 Å². The van der Waals surface area contributed by atoms with Crippen molar-refractivity contribution in [3.8, 4) is 0 Å². The van der Waals surface area contributed by atoms with Gasteiger partial charge in [0.15, 0.2) is 0 Å². The van der Waals surface area contributed by atoms with E-state index >= 15 is 0 Å². The molecule has 0 saturated carbocycles. The Labute approximate surface area is 153 Å². The Kier molecular flexibility index (Phi) is 3.80. The minimum atomic E-state index is -0.387. The van der Waals surface area contributed by atoms with E-state index in [1.165, 1.54) is 22.3 Å². The first kappa shape index (κ1) is 16.4. The average Bonchev–Trinajstić information content (AvgIpc) is 2.91. The van der Waals surface area contributed by atoms with Crippen LogP contribution in [0.3, 0.4) is 0 Å². The predicted octanol–water partition coefficient (Wildman–Crippen LogP) is 4.87. The molecule has 0 aliphatic heterocycles. The summed E-state index contributed by atoms with van der Waals surface area (Å²) >= 11 is 0. The highest BCUT2D eigenvalue weighted by atomic mass is 16.1. The number of nitrogens with zero attached hydrogens (tertiary/aromatic N) is 1. The summed E-state index contributed by atoms with van der Waals surface area (Å²) in [6.45, 7) is 7.16. The molecule has 130 valence electrons. The molecule has 0 atom stereocenters. The molecule has 1 aromatic heterocycles. The first-order valence-electron chi connectivity index (χ1n) is 8.84. The molecule has 0 fully saturated rings. The van der Waals surface area contributed by atoms with Crippen LogP contribution < -0.4 is 5.73 Å². The van der Waals surface area contributed by atoms with Crippen molar-refractivity contribution < 1.29 is 4.79 Å². The van der Waals surface area contributed by atoms with Crippen LogP contribution in [0.25, 0.3) is 21.8 Å². The van der Waals surface area contributed by atoms with Gasteiger partial charge in [-0.2, -0.15) is 0 Å². The fraction of sp³-hybridized carbons (Fsp3) is 0.174. The lowest BCUT2D eigenvalue weighted by atomic mass is 10.0. The Bertz CT molecular complexity index is 1150. The van der Waals surface area contributed by atoms with Crippen LogP contribution in [0.5, 0.6) is 0 Å². The second-order valence-electron chi connectivity index (χ2n) is 7.04. The van der Waals surface area contributed by atoms with E-state index in [0.29, 0.717) is 5.56 Å². The van der Waals surface area contributed by atoms with Crippen LogP contribution in [0.15, 0.2) is 54.6 Å². The summed E-state index contributed by atoms with van der Waals surface area (Å²) in [7, 11) is 0. The highest BCUT2D eigenvalue weighted by molar-refractivity contribution is 6.17. The first-order chi connectivity index (χ1) is 12.5. The number of carbonyl (C=O) groups excluding carboxylic acids is 1. The molecule has 4 aromatic rings. The Morgan fingerprint density at radius 2 is 1.62 bits per heavy atom. The molecule has 0 unspecified atom stereocenters. The molecule has 3 aromatic carbocycles. The van der Waals surface area contributed by atoms with Crippen LogP contribution in [0.1, 0.15) is 32.6 Å². The number of primary amides is 1. The SMILES string of the molecule is Cc1ccc2c3c(C(N)=O)cccc3n(Cc3c(C)cccc3C)c2c1. The summed E-state index contributed by atoms with van der Waals surface area (Å²) in [5, 5.41) is 2.02. The van der Waals surface area contributed by atoms with Crippen molar-refractivity contribution in [3.63, 3.8) is 0 Å². The third-order valence-electron chi connectivity index (χ3n) is 5.27. The smallest absolute Gasteiger partial charge is 0.249 e. The van der Waals surface area contributed by atoms with Crippen LogP contribution in [0.2, 0.25) is 0 Å². The fourth-order valence-electron chi connectivity index (χ4n) is 3.89. The van der Waals surface area contributed by atoms with E-state index in [1.54, 1.807) is 0 Å². The average molecular weight is 342 g/mol. The second kappa shape index (κ2) is 6.03. The van der Waals surface area contributed by atoms with Gasteiger partial charge in [0, 0.05) is 28.4 Å². The molecular weight excluding hydrogens is 320 g/mol. The van der Waals surface area contributed by atoms with Gasteiger partial charge in [0.05, 0.1) is 5.52 Å². The molecule has 1 heterocycles. The van der Waals surface area contributed by atoms with Gasteiger partial charge in [0.1, 0.15) is 0 Å². The molecule has 3 heteroatoms. The number of aryl methyl sites for hydroxylation is 3. The number of benzene rings is 3. The lowest BCUT2D eigenvalue weighted by molar-refractivity contribution is 0.100. The Balaban J connectivity index is 2.09. The molecule has 1 amide bonds. The Morgan fingerprint density at radius 1 is 0.923 bits per heavy atom. The van der Waals surface area contributed by atoms with Gasteiger partial charge in [0.25, 0.3) is 0 Å². The van der Waals surface area contributed by atoms with Crippen molar-refractivity contribution in [3.05, 3.63) is 82.4 Å². The summed E-state index contributed by atoms with van der Waals surface area (Å²) in [6, 6.07) is 18.6. The van der Waals surface area contributed by atoms with E-state index < -0.39 is 0 Å². The number of carbonyl (C=O) groups is 1. The van der Waals surface area contributed by atoms with Crippen molar-refractivity contribution in [1.82, 2.24) is 4.57 Å². The number of hydrogen-bond acceptors (Lipinski definition) is 1. The van der Waals surface area contributed by atoms with Gasteiger partial charge in [-0.25, -0.2) is 0 Å². The standard InChI is InChI=1S/C23H22N2O/c1-14-10-11-17-21(12-14)25(13-19-15(2)6-4-7-16(19)3)20-9-5-8-18(22(17)20)23(24)26/h4-12H,13H2,1-3H3,(H2,24,26). The molecule has 26 heavy (non-hydrogen) atoms. The van der Waals surface area contributed by atoms with E-state index in [9.17, 15) is 4.79 Å². The lowest BCUT2D eigenvalue weighted by Crippen LogP contribution is -2.11. The minimum absolute atomic E-state index is 0.387. The van der Waals surface area contributed by atoms with Gasteiger partial charge in [-0.1, -0.05) is 36.4 Å². The van der Waals surface area contributed by atoms with Crippen molar-refractivity contribution in [1.29, 1.82) is 0 Å². The third-order valence-corrected chi connectivity index (χ3v) is 5.27. The molecule has 2 N–H and O–H groups in total. The molecule has 0 radical (unpaired) electrons. The van der Waals surface area contributed by atoms with Gasteiger partial charge in [-0.15, -0.1) is 0 Å². The van der Waals surface area contributed by atoms with Gasteiger partial charge >= 0.3 is 0 Å². The highest BCUT2D eigenvalue weighted by Crippen LogP contribution is 2.33. The highest BCUT2D eigenvalue weighted by Gasteiger charge is 2.17. The number of nitrogens with two attached hydrogens (primary N) is 1. The van der Waals surface area contributed by atoms with E-state index in [0.717, 1.165) is 28.4 Å². The maximum Gasteiger partial charge on any atom is 0.249 e. The Hall–Kier alpha value is -3.07. The van der Waals surface area contributed by atoms with Gasteiger partial charge < -0.3 is 10.3 Å². The van der Waals surface area contributed by atoms with Crippen LogP contribution in [-0.4, -0.2) is 10.5 Å². The number of rotatable bonds is 3. The maximum atomic E-state index is 12.0. The monoisotopic (exact) mass is 342 g/mol. The summed E-state index contributed by atoms with van der Waals surface area (Å²) in [5.74, 6) is -0.387. The van der Waals surface area contributed by atoms with Crippen molar-refractivity contribution in [2.75, 3.05) is 0 Å². The zero-order valence-electron chi connectivity index (χ0n) is 15.3. The number of hydrogen-bond donors (Lipinski definition) is 1. The van der Waals surface area contributed by atoms with Crippen LogP contribution >= 0.6 is 0 Å². The zero-order valence-corrected chi connectivity index (χ0v) is 15.3. The molecule has 4 rings (SSSR count). The predicted molar refractivity (Wildman–Crippen MR) is 108 cm³/mol. The summed E-state index contributed by atoms with van der Waals surface area (Å²) in [4.78, 5) is 12.0. The molecule has 0 aliphatic rings. The van der Waals surface area contributed by atoms with Gasteiger partial charge in [-0.05, 0) is 61.2 Å². The second-order valence-corrected chi connectivity index (χ2v) is 7.04. The molecule has 0 bridgehead atoms. The first-order valence-corrected chi connectivity index (χ1v) is 8.84. The van der Waals surface area contributed by atoms with E-state index in [4.69, 9.17) is 5.73 Å². The maximum absolute atomic E-state index is 12.0. The third kappa shape index (κ3) is 2.48. The van der Waals surface area contributed by atoms with Crippen molar-refractivity contribution in [2.45, 2.75) is 27.3 Å². The zero-order chi connectivity index (χ0) is 18.4. The molecule has 3 nitrogen and oxygen atoms in total. The quantitative estimate of drug-likeness (QED) is 0.567. The topological polar surface area (TPSA) is 48.0 Å². The van der Waals surface area contributed by atoms with Crippen LogP contribution in [-0.2, 0) is 6.54 Å². The number of aromatic nitrogens is 1. The van der Waals surface area contributed by atoms with Crippen molar-refractivity contribution >= 4 is 27.7 Å².